The molecule has 0 spiro atoms. The van der Waals surface area contributed by atoms with Crippen molar-refractivity contribution in [1.82, 2.24) is 15.3 Å². The number of piperidine rings is 1. The summed E-state index contributed by atoms with van der Waals surface area (Å²) in [5, 5.41) is 3.36. The molecule has 0 atom stereocenters. The summed E-state index contributed by atoms with van der Waals surface area (Å²) in [6, 6.07) is 3.79. The molecule has 0 aromatic carbocycles. The number of rotatable bonds is 2. The lowest BCUT2D eigenvalue weighted by Crippen LogP contribution is -2.28. The van der Waals surface area contributed by atoms with Gasteiger partial charge in [-0.1, -0.05) is 0 Å². The predicted molar refractivity (Wildman–Crippen MR) is 61.1 cm³/mol. The number of fused-ring (bicyclic) bond motifs is 1. The van der Waals surface area contributed by atoms with Gasteiger partial charge in [-0.2, -0.15) is 4.98 Å². The van der Waals surface area contributed by atoms with Crippen LogP contribution < -0.4 is 5.32 Å². The molecule has 0 aliphatic carbocycles. The maximum atomic E-state index is 5.68. The Balaban J connectivity index is 1.78. The van der Waals surface area contributed by atoms with Gasteiger partial charge in [0, 0.05) is 12.6 Å². The van der Waals surface area contributed by atoms with Crippen molar-refractivity contribution in [2.45, 2.75) is 19.3 Å². The third kappa shape index (κ3) is 1.93. The van der Waals surface area contributed by atoms with E-state index in [1.807, 2.05) is 12.1 Å². The quantitative estimate of drug-likeness (QED) is 0.832. The molecule has 16 heavy (non-hydrogen) atoms. The van der Waals surface area contributed by atoms with Gasteiger partial charge >= 0.3 is 0 Å². The van der Waals surface area contributed by atoms with E-state index in [2.05, 4.69) is 15.3 Å². The Morgan fingerprint density at radius 3 is 3.06 bits per heavy atom. The van der Waals surface area contributed by atoms with E-state index in [0.29, 0.717) is 5.92 Å². The average molecular weight is 217 g/mol. The molecular formula is C12H15N3O. The summed E-state index contributed by atoms with van der Waals surface area (Å²) in [4.78, 5) is 8.59. The highest BCUT2D eigenvalue weighted by Gasteiger charge is 2.16. The minimum atomic E-state index is 0.703. The number of aromatic nitrogens is 2. The van der Waals surface area contributed by atoms with Crippen molar-refractivity contribution in [2.75, 3.05) is 13.1 Å². The third-order valence-electron chi connectivity index (χ3n) is 3.13. The molecule has 1 aliphatic heterocycles. The van der Waals surface area contributed by atoms with Crippen LogP contribution in [-0.2, 0) is 6.42 Å². The Labute approximate surface area is 94.1 Å². The smallest absolute Gasteiger partial charge is 0.198 e. The molecular weight excluding hydrogens is 202 g/mol. The van der Waals surface area contributed by atoms with Crippen LogP contribution in [0.5, 0.6) is 0 Å². The summed E-state index contributed by atoms with van der Waals surface area (Å²) in [5.74, 6) is 1.54. The van der Waals surface area contributed by atoms with Crippen LogP contribution in [-0.4, -0.2) is 23.1 Å². The lowest BCUT2D eigenvalue weighted by atomic mass is 9.95. The molecule has 0 radical (unpaired) electrons. The van der Waals surface area contributed by atoms with Gasteiger partial charge in [-0.25, -0.2) is 4.98 Å². The maximum Gasteiger partial charge on any atom is 0.198 e. The number of hydrogen-bond acceptors (Lipinski definition) is 4. The summed E-state index contributed by atoms with van der Waals surface area (Å²) in [6.07, 6.45) is 5.12. The molecule has 0 bridgehead atoms. The van der Waals surface area contributed by atoms with E-state index in [9.17, 15) is 0 Å². The molecule has 4 heteroatoms. The zero-order valence-corrected chi connectivity index (χ0v) is 9.15. The monoisotopic (exact) mass is 217 g/mol. The Morgan fingerprint density at radius 2 is 2.25 bits per heavy atom. The Bertz CT molecular complexity index is 441. The lowest BCUT2D eigenvalue weighted by molar-refractivity contribution is 0.346. The number of nitrogens with zero attached hydrogens (tertiary/aromatic N) is 2. The molecule has 2 aromatic rings. The molecule has 1 saturated heterocycles. The van der Waals surface area contributed by atoms with Crippen LogP contribution in [0.2, 0.25) is 0 Å². The molecule has 2 aromatic heterocycles. The molecule has 3 rings (SSSR count). The summed E-state index contributed by atoms with van der Waals surface area (Å²) in [7, 11) is 0. The average Bonchev–Trinajstić information content (AvgIpc) is 2.72. The van der Waals surface area contributed by atoms with Gasteiger partial charge in [0.25, 0.3) is 0 Å². The molecule has 1 N–H and O–H groups in total. The Morgan fingerprint density at radius 1 is 1.38 bits per heavy atom. The molecule has 84 valence electrons. The zero-order chi connectivity index (χ0) is 10.8. The fourth-order valence-corrected chi connectivity index (χ4v) is 2.23. The van der Waals surface area contributed by atoms with Gasteiger partial charge in [0.1, 0.15) is 0 Å². The van der Waals surface area contributed by atoms with Gasteiger partial charge in [0.2, 0.25) is 0 Å². The summed E-state index contributed by atoms with van der Waals surface area (Å²) in [5.41, 5.74) is 1.53. The summed E-state index contributed by atoms with van der Waals surface area (Å²) >= 11 is 0. The van der Waals surface area contributed by atoms with Gasteiger partial charge in [0.15, 0.2) is 17.1 Å². The fourth-order valence-electron chi connectivity index (χ4n) is 2.23. The van der Waals surface area contributed by atoms with Crippen LogP contribution in [0.25, 0.3) is 11.2 Å². The number of nitrogens with one attached hydrogen (secondary N) is 1. The fraction of sp³-hybridized carbons (Fsp3) is 0.500. The van der Waals surface area contributed by atoms with Gasteiger partial charge < -0.3 is 9.73 Å². The minimum absolute atomic E-state index is 0.703. The topological polar surface area (TPSA) is 51.0 Å². The van der Waals surface area contributed by atoms with E-state index in [-0.39, 0.29) is 0 Å². The highest BCUT2D eigenvalue weighted by Crippen LogP contribution is 2.20. The van der Waals surface area contributed by atoms with E-state index in [4.69, 9.17) is 4.42 Å². The lowest BCUT2D eigenvalue weighted by Gasteiger charge is -2.20. The molecule has 4 nitrogen and oxygen atoms in total. The Kier molecular flexibility index (Phi) is 2.58. The first-order valence-electron chi connectivity index (χ1n) is 5.83. The number of pyridine rings is 1. The van der Waals surface area contributed by atoms with Gasteiger partial charge in [-0.15, -0.1) is 0 Å². The minimum Gasteiger partial charge on any atom is -0.439 e. The zero-order valence-electron chi connectivity index (χ0n) is 9.15. The van der Waals surface area contributed by atoms with Crippen LogP contribution in [0.1, 0.15) is 18.7 Å². The second kappa shape index (κ2) is 4.22. The molecule has 1 fully saturated rings. The van der Waals surface area contributed by atoms with Crippen molar-refractivity contribution >= 4 is 11.2 Å². The normalized spacial score (nSPS) is 18.0. The SMILES string of the molecule is c1cnc2nc(CC3CCNCC3)oc2c1. The van der Waals surface area contributed by atoms with Crippen LogP contribution in [0.3, 0.4) is 0 Å². The van der Waals surface area contributed by atoms with Crippen molar-refractivity contribution in [3.05, 3.63) is 24.2 Å². The van der Waals surface area contributed by atoms with Gasteiger partial charge in [-0.05, 0) is 44.0 Å². The van der Waals surface area contributed by atoms with Crippen LogP contribution in [0, 0.1) is 5.92 Å². The first kappa shape index (κ1) is 9.78. The van der Waals surface area contributed by atoms with Crippen molar-refractivity contribution in [2.24, 2.45) is 5.92 Å². The second-order valence-corrected chi connectivity index (χ2v) is 4.33. The van der Waals surface area contributed by atoms with E-state index < -0.39 is 0 Å². The maximum absolute atomic E-state index is 5.68. The van der Waals surface area contributed by atoms with Gasteiger partial charge in [0.05, 0.1) is 0 Å². The van der Waals surface area contributed by atoms with Crippen LogP contribution in [0.15, 0.2) is 22.7 Å². The van der Waals surface area contributed by atoms with E-state index in [1.54, 1.807) is 6.20 Å². The largest absolute Gasteiger partial charge is 0.439 e. The van der Waals surface area contributed by atoms with E-state index in [0.717, 1.165) is 36.6 Å². The molecule has 0 unspecified atom stereocenters. The second-order valence-electron chi connectivity index (χ2n) is 4.33. The summed E-state index contributed by atoms with van der Waals surface area (Å²) < 4.78 is 5.68. The highest BCUT2D eigenvalue weighted by atomic mass is 16.3. The standard InChI is InChI=1S/C12H15N3O/c1-2-10-12(14-5-1)15-11(16-10)8-9-3-6-13-7-4-9/h1-2,5,9,13H,3-4,6-8H2. The molecule has 3 heterocycles. The predicted octanol–water partition coefficient (Wildman–Crippen LogP) is 1.76. The van der Waals surface area contributed by atoms with E-state index in [1.165, 1.54) is 12.8 Å². The van der Waals surface area contributed by atoms with Crippen LogP contribution >= 0.6 is 0 Å². The number of hydrogen-bond donors (Lipinski definition) is 1. The third-order valence-corrected chi connectivity index (χ3v) is 3.13. The van der Waals surface area contributed by atoms with Crippen LogP contribution in [0.4, 0.5) is 0 Å². The first-order valence-corrected chi connectivity index (χ1v) is 5.83. The van der Waals surface area contributed by atoms with Crippen molar-refractivity contribution in [3.63, 3.8) is 0 Å². The molecule has 1 aliphatic rings. The molecule has 0 saturated carbocycles. The number of oxazole rings is 1. The van der Waals surface area contributed by atoms with Crippen molar-refractivity contribution in [1.29, 1.82) is 0 Å². The van der Waals surface area contributed by atoms with Crippen molar-refractivity contribution < 1.29 is 4.42 Å². The Hall–Kier alpha value is -1.42. The molecule has 0 amide bonds. The summed E-state index contributed by atoms with van der Waals surface area (Å²) in [6.45, 7) is 2.23. The van der Waals surface area contributed by atoms with E-state index >= 15 is 0 Å². The van der Waals surface area contributed by atoms with Gasteiger partial charge in [-0.3, -0.25) is 0 Å². The highest BCUT2D eigenvalue weighted by molar-refractivity contribution is 5.66. The first-order chi connectivity index (χ1) is 7.92. The van der Waals surface area contributed by atoms with Crippen molar-refractivity contribution in [3.8, 4) is 0 Å².